The van der Waals surface area contributed by atoms with Gasteiger partial charge in [0, 0.05) is 12.2 Å². The summed E-state index contributed by atoms with van der Waals surface area (Å²) in [5.74, 6) is 0.471. The molecular formula is C17H19Cl2F3N4O5Si. The van der Waals surface area contributed by atoms with Crippen LogP contribution in [-0.4, -0.2) is 57.4 Å². The molecule has 15 heteroatoms. The van der Waals surface area contributed by atoms with Gasteiger partial charge in [-0.2, -0.15) is 0 Å². The number of hydrogen-bond acceptors (Lipinski definition) is 8. The van der Waals surface area contributed by atoms with E-state index < -0.39 is 21.9 Å². The first-order valence-electron chi connectivity index (χ1n) is 9.47. The number of aromatic nitrogens is 2. The Hall–Kier alpha value is -2.06. The number of halogens is 5. The zero-order valence-corrected chi connectivity index (χ0v) is 19.1. The number of ether oxygens (including phenoxy) is 3. The number of benzene rings is 1. The molecule has 1 saturated heterocycles. The Morgan fingerprint density at radius 3 is 2.75 bits per heavy atom. The standard InChI is InChI=1S/C17H19Cl2F3N4O5Si/c18-11-2-1-10(7-12(11)19)29-8-14(27)26-32-6-3-13(23-9-32)15-24-25-16(31-15)28-4-5-30-17(20,21)22/h1-2,7,13,23,32H,3-6,8-9H2,(H,26,27)/t13-,32+/m1/s1. The van der Waals surface area contributed by atoms with Gasteiger partial charge < -0.3 is 24.2 Å². The van der Waals surface area contributed by atoms with Crippen molar-refractivity contribution in [2.45, 2.75) is 24.9 Å². The van der Waals surface area contributed by atoms with Gasteiger partial charge in [-0.15, -0.1) is 18.3 Å². The number of alkyl halides is 3. The van der Waals surface area contributed by atoms with Crippen LogP contribution in [-0.2, 0) is 9.53 Å². The lowest BCUT2D eigenvalue weighted by Gasteiger charge is -2.27. The second kappa shape index (κ2) is 11.2. The van der Waals surface area contributed by atoms with Crippen molar-refractivity contribution < 1.29 is 36.6 Å². The average molecular weight is 515 g/mol. The molecule has 2 N–H and O–H groups in total. The van der Waals surface area contributed by atoms with E-state index in [0.717, 1.165) is 6.04 Å². The minimum atomic E-state index is -4.72. The van der Waals surface area contributed by atoms with Crippen LogP contribution in [0.1, 0.15) is 18.4 Å². The molecule has 32 heavy (non-hydrogen) atoms. The summed E-state index contributed by atoms with van der Waals surface area (Å²) < 4.78 is 55.0. The van der Waals surface area contributed by atoms with Gasteiger partial charge in [0.1, 0.15) is 12.4 Å². The van der Waals surface area contributed by atoms with Crippen molar-refractivity contribution in [3.8, 4) is 11.8 Å². The molecule has 0 radical (unpaired) electrons. The molecule has 3 rings (SSSR count). The van der Waals surface area contributed by atoms with Gasteiger partial charge in [-0.25, -0.2) is 0 Å². The highest BCUT2D eigenvalue weighted by atomic mass is 35.5. The number of carbonyl (C=O) groups is 1. The first-order chi connectivity index (χ1) is 15.2. The van der Waals surface area contributed by atoms with Crippen LogP contribution < -0.4 is 19.8 Å². The number of rotatable bonds is 9. The third kappa shape index (κ3) is 7.81. The summed E-state index contributed by atoms with van der Waals surface area (Å²) in [6.45, 7) is -1.22. The Labute approximate surface area is 192 Å². The molecule has 0 bridgehead atoms. The lowest BCUT2D eigenvalue weighted by atomic mass is 10.2. The van der Waals surface area contributed by atoms with Gasteiger partial charge in [0.2, 0.25) is 11.8 Å². The van der Waals surface area contributed by atoms with Crippen LogP contribution in [0.4, 0.5) is 13.2 Å². The first-order valence-corrected chi connectivity index (χ1v) is 12.4. The molecule has 0 unspecified atom stereocenters. The Balaban J connectivity index is 1.36. The summed E-state index contributed by atoms with van der Waals surface area (Å²) in [6.07, 6.45) is -3.73. The van der Waals surface area contributed by atoms with E-state index in [0.29, 0.717) is 28.4 Å². The topological polar surface area (TPSA) is 108 Å². The van der Waals surface area contributed by atoms with Gasteiger partial charge in [-0.05, 0) is 24.6 Å². The normalized spacial score (nSPS) is 18.9. The lowest BCUT2D eigenvalue weighted by Crippen LogP contribution is -2.51. The highest BCUT2D eigenvalue weighted by Crippen LogP contribution is 2.26. The molecule has 176 valence electrons. The van der Waals surface area contributed by atoms with E-state index in [1.54, 1.807) is 12.1 Å². The van der Waals surface area contributed by atoms with Crippen molar-refractivity contribution in [3.05, 3.63) is 34.1 Å². The van der Waals surface area contributed by atoms with Gasteiger partial charge in [0.05, 0.1) is 22.7 Å². The van der Waals surface area contributed by atoms with E-state index in [4.69, 9.17) is 37.1 Å². The highest BCUT2D eigenvalue weighted by Gasteiger charge is 2.30. The van der Waals surface area contributed by atoms with Gasteiger partial charge >= 0.3 is 12.4 Å². The fourth-order valence-electron chi connectivity index (χ4n) is 2.88. The molecule has 1 aliphatic heterocycles. The van der Waals surface area contributed by atoms with E-state index in [1.807, 2.05) is 0 Å². The fourth-order valence-corrected chi connectivity index (χ4v) is 5.46. The number of carbonyl (C=O) groups excluding carboxylic acids is 1. The van der Waals surface area contributed by atoms with Crippen LogP contribution in [0.5, 0.6) is 11.8 Å². The van der Waals surface area contributed by atoms with E-state index >= 15 is 0 Å². The van der Waals surface area contributed by atoms with Crippen LogP contribution in [0.15, 0.2) is 22.6 Å². The second-order valence-corrected chi connectivity index (χ2v) is 10.2. The van der Waals surface area contributed by atoms with Gasteiger partial charge in [0.25, 0.3) is 0 Å². The molecule has 1 aliphatic rings. The Kier molecular flexibility index (Phi) is 8.59. The molecule has 0 spiro atoms. The largest absolute Gasteiger partial charge is 0.522 e. The average Bonchev–Trinajstić information content (AvgIpc) is 3.21. The minimum Gasteiger partial charge on any atom is -0.484 e. The summed E-state index contributed by atoms with van der Waals surface area (Å²) in [5, 5.41) is 11.5. The van der Waals surface area contributed by atoms with Gasteiger partial charge in [-0.1, -0.05) is 28.3 Å². The summed E-state index contributed by atoms with van der Waals surface area (Å²) in [5.41, 5.74) is 0. The molecule has 1 fully saturated rings. The Bertz CT molecular complexity index is 913. The lowest BCUT2D eigenvalue weighted by molar-refractivity contribution is -0.325. The zero-order valence-electron chi connectivity index (χ0n) is 16.5. The fraction of sp³-hybridized carbons (Fsp3) is 0.471. The van der Waals surface area contributed by atoms with Gasteiger partial charge in [0.15, 0.2) is 15.6 Å². The van der Waals surface area contributed by atoms with Crippen LogP contribution in [0, 0.1) is 0 Å². The van der Waals surface area contributed by atoms with Crippen molar-refractivity contribution >= 4 is 38.1 Å². The maximum absolute atomic E-state index is 12.2. The highest BCUT2D eigenvalue weighted by molar-refractivity contribution is 6.59. The van der Waals surface area contributed by atoms with Crippen molar-refractivity contribution in [2.75, 3.05) is 26.0 Å². The minimum absolute atomic E-state index is 0.146. The van der Waals surface area contributed by atoms with Crippen molar-refractivity contribution in [1.82, 2.24) is 20.5 Å². The third-order valence-corrected chi connectivity index (χ3v) is 7.56. The predicted octanol–water partition coefficient (Wildman–Crippen LogP) is 2.78. The molecule has 1 amide bonds. The van der Waals surface area contributed by atoms with E-state index in [-0.39, 0.29) is 37.1 Å². The molecule has 0 aliphatic carbocycles. The van der Waals surface area contributed by atoms with Crippen molar-refractivity contribution in [2.24, 2.45) is 0 Å². The molecule has 0 saturated carbocycles. The number of hydrogen-bond donors (Lipinski definition) is 2. The molecule has 2 heterocycles. The van der Waals surface area contributed by atoms with Crippen LogP contribution in [0.3, 0.4) is 0 Å². The molecular weight excluding hydrogens is 496 g/mol. The number of amides is 1. The Morgan fingerprint density at radius 2 is 2.06 bits per heavy atom. The van der Waals surface area contributed by atoms with Crippen LogP contribution in [0.2, 0.25) is 16.1 Å². The quantitative estimate of drug-likeness (QED) is 0.388. The van der Waals surface area contributed by atoms with E-state index in [1.165, 1.54) is 6.07 Å². The van der Waals surface area contributed by atoms with E-state index in [9.17, 15) is 18.0 Å². The van der Waals surface area contributed by atoms with E-state index in [2.05, 4.69) is 25.2 Å². The molecule has 1 aromatic heterocycles. The third-order valence-electron chi connectivity index (χ3n) is 4.34. The van der Waals surface area contributed by atoms with Gasteiger partial charge in [-0.3, -0.25) is 9.53 Å². The smallest absolute Gasteiger partial charge is 0.484 e. The summed E-state index contributed by atoms with van der Waals surface area (Å²) in [7, 11) is -1.60. The summed E-state index contributed by atoms with van der Waals surface area (Å²) in [4.78, 5) is 15.1. The molecule has 9 nitrogen and oxygen atoms in total. The summed E-state index contributed by atoms with van der Waals surface area (Å²) in [6, 6.07) is 5.28. The van der Waals surface area contributed by atoms with Crippen molar-refractivity contribution in [1.29, 1.82) is 0 Å². The zero-order chi connectivity index (χ0) is 23.1. The number of nitrogens with zero attached hydrogens (tertiary/aromatic N) is 2. The van der Waals surface area contributed by atoms with Crippen LogP contribution in [0.25, 0.3) is 0 Å². The first kappa shape index (κ1) is 24.6. The van der Waals surface area contributed by atoms with Crippen molar-refractivity contribution in [3.63, 3.8) is 0 Å². The number of nitrogens with one attached hydrogen (secondary N) is 2. The maximum atomic E-state index is 12.2. The predicted molar refractivity (Wildman–Crippen MR) is 109 cm³/mol. The maximum Gasteiger partial charge on any atom is 0.522 e. The second-order valence-electron chi connectivity index (χ2n) is 6.72. The Morgan fingerprint density at radius 1 is 1.25 bits per heavy atom. The molecule has 2 atom stereocenters. The SMILES string of the molecule is O=C(COc1ccc(Cl)c(Cl)c1)N[Si@H]1CC[C@H](c2nnc(OCCOC(F)(F)F)o2)NC1. The molecule has 1 aromatic carbocycles. The molecule has 2 aromatic rings. The van der Waals surface area contributed by atoms with Crippen LogP contribution >= 0.6 is 23.2 Å². The monoisotopic (exact) mass is 514 g/mol. The summed E-state index contributed by atoms with van der Waals surface area (Å²) >= 11 is 11.8.